The molecule has 0 saturated carbocycles. The van der Waals surface area contributed by atoms with E-state index in [0.717, 1.165) is 30.0 Å². The number of rotatable bonds is 3. The van der Waals surface area contributed by atoms with Crippen molar-refractivity contribution >= 4 is 23.3 Å². The topological polar surface area (TPSA) is 23.8 Å². The second-order valence-corrected chi connectivity index (χ2v) is 7.85. The zero-order valence-electron chi connectivity index (χ0n) is 17.1. The summed E-state index contributed by atoms with van der Waals surface area (Å²) in [7, 11) is 0. The first-order valence-corrected chi connectivity index (χ1v) is 10.3. The molecule has 0 radical (unpaired) electrons. The Morgan fingerprint density at radius 1 is 0.828 bits per heavy atom. The monoisotopic (exact) mass is 382 g/mol. The van der Waals surface area contributed by atoms with Gasteiger partial charge < -0.3 is 9.47 Å². The van der Waals surface area contributed by atoms with Crippen molar-refractivity contribution < 1.29 is 0 Å². The van der Waals surface area contributed by atoms with Gasteiger partial charge in [-0.15, -0.1) is 0 Å². The molecule has 0 N–H and O–H groups in total. The fourth-order valence-electron chi connectivity index (χ4n) is 4.66. The molecule has 0 aliphatic carbocycles. The first-order chi connectivity index (χ1) is 14.1. The molecule has 3 heterocycles. The lowest BCUT2D eigenvalue weighted by molar-refractivity contribution is 0.943. The maximum Gasteiger partial charge on any atom is 0.0678 e. The highest BCUT2D eigenvalue weighted by atomic mass is 15.5. The van der Waals surface area contributed by atoms with E-state index in [0.29, 0.717) is 0 Å². The molecule has 0 amide bonds. The summed E-state index contributed by atoms with van der Waals surface area (Å²) in [5, 5.41) is 6.63. The number of para-hydroxylation sites is 1. The highest BCUT2D eigenvalue weighted by Crippen LogP contribution is 2.37. The van der Waals surface area contributed by atoms with Crippen LogP contribution in [0.1, 0.15) is 35.4 Å². The summed E-state index contributed by atoms with van der Waals surface area (Å²) < 4.78 is 2.34. The Kier molecular flexibility index (Phi) is 4.27. The maximum absolute atomic E-state index is 4.70. The minimum absolute atomic E-state index is 0.920. The van der Waals surface area contributed by atoms with Crippen molar-refractivity contribution in [2.24, 2.45) is 5.10 Å². The summed E-state index contributed by atoms with van der Waals surface area (Å²) in [4.78, 5) is 2.48. The standard InChI is InChI=1S/C25H26N4/c1-18-24-17-26-29(21-10-5-4-6-11-21)20(3)25(24)19(2)28(18)23-13-9-12-22(16-23)27-14-7-8-15-27/h4-6,9-13,16-17H,3,7-8,14-15H2,1-2H3. The Hall–Kier alpha value is -3.27. The molecular formula is C25H26N4. The molecule has 146 valence electrons. The first kappa shape index (κ1) is 17.8. The van der Waals surface area contributed by atoms with Crippen molar-refractivity contribution in [3.05, 3.63) is 83.7 Å². The lowest BCUT2D eigenvalue weighted by Gasteiger charge is -2.25. The average molecular weight is 383 g/mol. The van der Waals surface area contributed by atoms with Crippen LogP contribution in [0.4, 0.5) is 11.4 Å². The smallest absolute Gasteiger partial charge is 0.0678 e. The number of fused-ring (bicyclic) bond motifs is 1. The van der Waals surface area contributed by atoms with Crippen molar-refractivity contribution in [3.63, 3.8) is 0 Å². The number of hydrazone groups is 1. The molecule has 0 unspecified atom stereocenters. The van der Waals surface area contributed by atoms with E-state index < -0.39 is 0 Å². The number of nitrogens with zero attached hydrogens (tertiary/aromatic N) is 4. The summed E-state index contributed by atoms with van der Waals surface area (Å²) in [6.07, 6.45) is 4.54. The van der Waals surface area contributed by atoms with Crippen LogP contribution in [0.25, 0.3) is 11.4 Å². The third-order valence-corrected chi connectivity index (χ3v) is 6.10. The molecule has 0 bridgehead atoms. The molecule has 29 heavy (non-hydrogen) atoms. The number of aromatic nitrogens is 1. The number of hydrogen-bond donors (Lipinski definition) is 0. The Balaban J connectivity index is 1.58. The fourth-order valence-corrected chi connectivity index (χ4v) is 4.66. The Bertz CT molecular complexity index is 1100. The van der Waals surface area contributed by atoms with Crippen molar-refractivity contribution in [2.75, 3.05) is 23.0 Å². The van der Waals surface area contributed by atoms with Crippen LogP contribution >= 0.6 is 0 Å². The minimum atomic E-state index is 0.920. The van der Waals surface area contributed by atoms with E-state index in [1.54, 1.807) is 0 Å². The minimum Gasteiger partial charge on any atom is -0.371 e. The molecule has 1 saturated heterocycles. The Labute approximate surface area is 172 Å². The zero-order chi connectivity index (χ0) is 20.0. The molecule has 1 fully saturated rings. The molecule has 3 aromatic rings. The normalized spacial score (nSPS) is 15.9. The molecule has 5 rings (SSSR count). The first-order valence-electron chi connectivity index (χ1n) is 10.3. The van der Waals surface area contributed by atoms with Gasteiger partial charge in [0.15, 0.2) is 0 Å². The summed E-state index contributed by atoms with van der Waals surface area (Å²) in [6.45, 7) is 11.1. The van der Waals surface area contributed by atoms with Crippen LogP contribution in [-0.4, -0.2) is 23.9 Å². The Morgan fingerprint density at radius 3 is 2.28 bits per heavy atom. The predicted octanol–water partition coefficient (Wildman–Crippen LogP) is 5.52. The summed E-state index contributed by atoms with van der Waals surface area (Å²) in [5.41, 5.74) is 9.19. The summed E-state index contributed by atoms with van der Waals surface area (Å²) in [6, 6.07) is 19.1. The third kappa shape index (κ3) is 2.87. The number of benzene rings is 2. The van der Waals surface area contributed by atoms with Crippen molar-refractivity contribution in [1.82, 2.24) is 4.57 Å². The average Bonchev–Trinajstić information content (AvgIpc) is 3.37. The van der Waals surface area contributed by atoms with Gasteiger partial charge in [0.1, 0.15) is 0 Å². The molecule has 0 atom stereocenters. The van der Waals surface area contributed by atoms with E-state index in [1.807, 2.05) is 29.4 Å². The van der Waals surface area contributed by atoms with E-state index in [-0.39, 0.29) is 0 Å². The molecule has 4 nitrogen and oxygen atoms in total. The van der Waals surface area contributed by atoms with Crippen molar-refractivity contribution in [1.29, 1.82) is 0 Å². The van der Waals surface area contributed by atoms with Crippen molar-refractivity contribution in [2.45, 2.75) is 26.7 Å². The summed E-state index contributed by atoms with van der Waals surface area (Å²) >= 11 is 0. The zero-order valence-corrected chi connectivity index (χ0v) is 17.1. The van der Waals surface area contributed by atoms with Crippen LogP contribution in [-0.2, 0) is 0 Å². The highest BCUT2D eigenvalue weighted by molar-refractivity contribution is 5.98. The molecule has 4 heteroatoms. The van der Waals surface area contributed by atoms with Gasteiger partial charge >= 0.3 is 0 Å². The van der Waals surface area contributed by atoms with Gasteiger partial charge in [-0.1, -0.05) is 30.8 Å². The predicted molar refractivity (Wildman–Crippen MR) is 122 cm³/mol. The Morgan fingerprint density at radius 2 is 1.52 bits per heavy atom. The second-order valence-electron chi connectivity index (χ2n) is 7.85. The van der Waals surface area contributed by atoms with E-state index >= 15 is 0 Å². The van der Waals surface area contributed by atoms with Gasteiger partial charge in [0, 0.05) is 47.0 Å². The van der Waals surface area contributed by atoms with Gasteiger partial charge in [-0.25, -0.2) is 5.01 Å². The van der Waals surface area contributed by atoms with Crippen LogP contribution in [0.2, 0.25) is 0 Å². The van der Waals surface area contributed by atoms with Crippen LogP contribution in [0, 0.1) is 13.8 Å². The molecule has 2 aliphatic rings. The van der Waals surface area contributed by atoms with E-state index in [1.165, 1.54) is 41.2 Å². The lowest BCUT2D eigenvalue weighted by atomic mass is 10.1. The quantitative estimate of drug-likeness (QED) is 0.596. The van der Waals surface area contributed by atoms with Gasteiger partial charge in [0.25, 0.3) is 0 Å². The van der Waals surface area contributed by atoms with Crippen LogP contribution in [0.5, 0.6) is 0 Å². The van der Waals surface area contributed by atoms with Gasteiger partial charge in [-0.2, -0.15) is 5.10 Å². The summed E-state index contributed by atoms with van der Waals surface area (Å²) in [5.74, 6) is 0. The SMILES string of the molecule is C=C1c2c(c(C)n(-c3cccc(N4CCCC4)c3)c2C)C=NN1c1ccccc1. The number of anilines is 2. The van der Waals surface area contributed by atoms with E-state index in [4.69, 9.17) is 5.10 Å². The maximum atomic E-state index is 4.70. The van der Waals surface area contributed by atoms with Gasteiger partial charge in [-0.3, -0.25) is 0 Å². The van der Waals surface area contributed by atoms with E-state index in [9.17, 15) is 0 Å². The molecule has 2 aromatic carbocycles. The van der Waals surface area contributed by atoms with Crippen LogP contribution in [0.15, 0.2) is 66.3 Å². The number of hydrogen-bond acceptors (Lipinski definition) is 3. The second kappa shape index (κ2) is 6.96. The highest BCUT2D eigenvalue weighted by Gasteiger charge is 2.26. The van der Waals surface area contributed by atoms with E-state index in [2.05, 4.69) is 66.3 Å². The molecule has 2 aliphatic heterocycles. The van der Waals surface area contributed by atoms with Crippen LogP contribution in [0.3, 0.4) is 0 Å². The molecular weight excluding hydrogens is 356 g/mol. The largest absolute Gasteiger partial charge is 0.371 e. The van der Waals surface area contributed by atoms with Gasteiger partial charge in [0.05, 0.1) is 17.6 Å². The van der Waals surface area contributed by atoms with Crippen molar-refractivity contribution in [3.8, 4) is 5.69 Å². The van der Waals surface area contributed by atoms with Gasteiger partial charge in [-0.05, 0) is 57.0 Å². The lowest BCUT2D eigenvalue weighted by Crippen LogP contribution is -2.19. The molecule has 1 aromatic heterocycles. The molecule has 0 spiro atoms. The van der Waals surface area contributed by atoms with Crippen LogP contribution < -0.4 is 9.91 Å². The van der Waals surface area contributed by atoms with Gasteiger partial charge in [0.2, 0.25) is 0 Å². The third-order valence-electron chi connectivity index (χ3n) is 6.10. The fraction of sp³-hybridized carbons (Fsp3) is 0.240.